The number of halogens is 2. The number of hydrogen-bond donors (Lipinski definition) is 0. The van der Waals surface area contributed by atoms with Gasteiger partial charge in [-0.05, 0) is 34.1 Å². The Kier molecular flexibility index (Phi) is 3.78. The number of methoxy groups -OCH3 is 2. The van der Waals surface area contributed by atoms with Gasteiger partial charge in [-0.15, -0.1) is 0 Å². The van der Waals surface area contributed by atoms with Crippen LogP contribution < -0.4 is 9.47 Å². The van der Waals surface area contributed by atoms with Crippen molar-refractivity contribution in [3.63, 3.8) is 0 Å². The third-order valence-electron chi connectivity index (χ3n) is 3.16. The van der Waals surface area contributed by atoms with Gasteiger partial charge in [0.2, 0.25) is 0 Å². The number of pyridine rings is 1. The Bertz CT molecular complexity index is 817. The van der Waals surface area contributed by atoms with E-state index in [-0.39, 0.29) is 0 Å². The maximum Gasteiger partial charge on any atom is 0.141 e. The van der Waals surface area contributed by atoms with Crippen LogP contribution in [0, 0.1) is 0 Å². The van der Waals surface area contributed by atoms with Crippen molar-refractivity contribution in [2.45, 2.75) is 0 Å². The van der Waals surface area contributed by atoms with Crippen molar-refractivity contribution < 1.29 is 9.47 Å². The lowest BCUT2D eigenvalue weighted by Gasteiger charge is -2.10. The number of hydrogen-bond acceptors (Lipinski definition) is 3. The Morgan fingerprint density at radius 3 is 2.57 bits per heavy atom. The molecule has 0 fully saturated rings. The second-order valence-corrected chi connectivity index (χ2v) is 5.75. The standard InChI is InChI=1S/C15H12BrClN2O2/c1-20-13-6-14(21-2)11(17)5-10(13)12-8-19-7-9(16)3-4-15(19)18-12/h3-8H,1-2H3. The fourth-order valence-corrected chi connectivity index (χ4v) is 2.75. The number of benzene rings is 1. The molecule has 4 nitrogen and oxygen atoms in total. The van der Waals surface area contributed by atoms with E-state index in [9.17, 15) is 0 Å². The van der Waals surface area contributed by atoms with Gasteiger partial charge in [0.05, 0.1) is 24.9 Å². The normalized spacial score (nSPS) is 10.9. The van der Waals surface area contributed by atoms with Gasteiger partial charge in [-0.1, -0.05) is 11.6 Å². The van der Waals surface area contributed by atoms with Crippen LogP contribution in [0.2, 0.25) is 5.02 Å². The first-order valence-corrected chi connectivity index (χ1v) is 7.35. The molecule has 0 saturated carbocycles. The second-order valence-electron chi connectivity index (χ2n) is 4.43. The molecule has 21 heavy (non-hydrogen) atoms. The molecule has 0 N–H and O–H groups in total. The van der Waals surface area contributed by atoms with Crippen molar-refractivity contribution in [2.24, 2.45) is 0 Å². The third-order valence-corrected chi connectivity index (χ3v) is 3.93. The Balaban J connectivity index is 2.19. The molecule has 108 valence electrons. The Hall–Kier alpha value is -1.72. The highest BCUT2D eigenvalue weighted by molar-refractivity contribution is 9.10. The van der Waals surface area contributed by atoms with Crippen LogP contribution in [-0.4, -0.2) is 23.6 Å². The molecule has 6 heteroatoms. The summed E-state index contributed by atoms with van der Waals surface area (Å²) in [6.07, 6.45) is 3.88. The molecule has 0 spiro atoms. The van der Waals surface area contributed by atoms with Crippen LogP contribution in [0.15, 0.2) is 41.1 Å². The lowest BCUT2D eigenvalue weighted by Crippen LogP contribution is -1.91. The highest BCUT2D eigenvalue weighted by Gasteiger charge is 2.14. The fraction of sp³-hybridized carbons (Fsp3) is 0.133. The monoisotopic (exact) mass is 366 g/mol. The zero-order valence-electron chi connectivity index (χ0n) is 11.4. The molecule has 0 bridgehead atoms. The smallest absolute Gasteiger partial charge is 0.141 e. The zero-order chi connectivity index (χ0) is 15.0. The Labute approximate surface area is 135 Å². The molecule has 3 rings (SSSR count). The lowest BCUT2D eigenvalue weighted by atomic mass is 10.1. The molecule has 3 aromatic rings. The van der Waals surface area contributed by atoms with Gasteiger partial charge in [-0.3, -0.25) is 0 Å². The SMILES string of the molecule is COc1cc(OC)c(-c2cn3cc(Br)ccc3n2)cc1Cl. The summed E-state index contributed by atoms with van der Waals surface area (Å²) in [5.74, 6) is 1.24. The van der Waals surface area contributed by atoms with Gasteiger partial charge in [0, 0.05) is 28.5 Å². The minimum absolute atomic E-state index is 0.520. The summed E-state index contributed by atoms with van der Waals surface area (Å²) in [6.45, 7) is 0. The fourth-order valence-electron chi connectivity index (χ4n) is 2.15. The van der Waals surface area contributed by atoms with Gasteiger partial charge in [-0.25, -0.2) is 4.98 Å². The quantitative estimate of drug-likeness (QED) is 0.687. The zero-order valence-corrected chi connectivity index (χ0v) is 13.8. The predicted molar refractivity (Wildman–Crippen MR) is 86.4 cm³/mol. The minimum atomic E-state index is 0.520. The number of fused-ring (bicyclic) bond motifs is 1. The first-order valence-electron chi connectivity index (χ1n) is 6.18. The van der Waals surface area contributed by atoms with E-state index in [0.29, 0.717) is 16.5 Å². The average Bonchev–Trinajstić information content (AvgIpc) is 2.89. The first kappa shape index (κ1) is 14.2. The number of rotatable bonds is 3. The third kappa shape index (κ3) is 2.59. The van der Waals surface area contributed by atoms with E-state index in [0.717, 1.165) is 21.4 Å². The summed E-state index contributed by atoms with van der Waals surface area (Å²) in [7, 11) is 3.18. The van der Waals surface area contributed by atoms with E-state index in [2.05, 4.69) is 20.9 Å². The van der Waals surface area contributed by atoms with E-state index < -0.39 is 0 Å². The number of ether oxygens (including phenoxy) is 2. The van der Waals surface area contributed by atoms with Crippen LogP contribution in [0.5, 0.6) is 11.5 Å². The highest BCUT2D eigenvalue weighted by Crippen LogP contribution is 2.38. The summed E-state index contributed by atoms with van der Waals surface area (Å²) >= 11 is 9.66. The highest BCUT2D eigenvalue weighted by atomic mass is 79.9. The molecule has 0 amide bonds. The van der Waals surface area contributed by atoms with Gasteiger partial charge in [0.25, 0.3) is 0 Å². The lowest BCUT2D eigenvalue weighted by molar-refractivity contribution is 0.395. The number of nitrogens with zero attached hydrogens (tertiary/aromatic N) is 2. The van der Waals surface area contributed by atoms with Crippen LogP contribution in [0.3, 0.4) is 0 Å². The molecular weight excluding hydrogens is 356 g/mol. The van der Waals surface area contributed by atoms with Crippen molar-refractivity contribution in [1.82, 2.24) is 9.38 Å². The van der Waals surface area contributed by atoms with Crippen molar-refractivity contribution in [2.75, 3.05) is 14.2 Å². The average molecular weight is 368 g/mol. The summed E-state index contributed by atoms with van der Waals surface area (Å²) < 4.78 is 13.6. The van der Waals surface area contributed by atoms with E-state index in [1.807, 2.05) is 28.9 Å². The molecule has 0 aliphatic rings. The summed E-state index contributed by atoms with van der Waals surface area (Å²) in [6, 6.07) is 7.45. The van der Waals surface area contributed by atoms with Crippen molar-refractivity contribution in [3.8, 4) is 22.8 Å². The van der Waals surface area contributed by atoms with Gasteiger partial charge in [0.1, 0.15) is 17.1 Å². The summed E-state index contributed by atoms with van der Waals surface area (Å²) in [4.78, 5) is 4.59. The molecular formula is C15H12BrClN2O2. The molecule has 0 atom stereocenters. The molecule has 0 saturated heterocycles. The molecule has 1 aromatic carbocycles. The van der Waals surface area contributed by atoms with E-state index >= 15 is 0 Å². The second kappa shape index (κ2) is 5.58. The Morgan fingerprint density at radius 1 is 1.10 bits per heavy atom. The summed E-state index contributed by atoms with van der Waals surface area (Å²) in [5, 5.41) is 0.520. The maximum absolute atomic E-state index is 6.21. The Morgan fingerprint density at radius 2 is 1.86 bits per heavy atom. The van der Waals surface area contributed by atoms with Crippen molar-refractivity contribution in [3.05, 3.63) is 46.2 Å². The molecule has 2 aromatic heterocycles. The van der Waals surface area contributed by atoms with E-state index in [1.165, 1.54) is 0 Å². The molecule has 0 radical (unpaired) electrons. The van der Waals surface area contributed by atoms with Gasteiger partial charge >= 0.3 is 0 Å². The van der Waals surface area contributed by atoms with Gasteiger partial charge < -0.3 is 13.9 Å². The number of aromatic nitrogens is 2. The van der Waals surface area contributed by atoms with Gasteiger partial charge in [0.15, 0.2) is 0 Å². The molecule has 0 unspecified atom stereocenters. The van der Waals surface area contributed by atoms with Crippen LogP contribution in [0.1, 0.15) is 0 Å². The first-order chi connectivity index (χ1) is 10.1. The van der Waals surface area contributed by atoms with Crippen molar-refractivity contribution in [1.29, 1.82) is 0 Å². The van der Waals surface area contributed by atoms with Crippen LogP contribution >= 0.6 is 27.5 Å². The van der Waals surface area contributed by atoms with E-state index in [4.69, 9.17) is 21.1 Å². The van der Waals surface area contributed by atoms with Gasteiger partial charge in [-0.2, -0.15) is 0 Å². The molecule has 0 aliphatic heterocycles. The maximum atomic E-state index is 6.21. The minimum Gasteiger partial charge on any atom is -0.496 e. The van der Waals surface area contributed by atoms with E-state index in [1.54, 1.807) is 26.4 Å². The molecule has 2 heterocycles. The summed E-state index contributed by atoms with van der Waals surface area (Å²) in [5.41, 5.74) is 2.46. The molecule has 0 aliphatic carbocycles. The van der Waals surface area contributed by atoms with Crippen LogP contribution in [0.4, 0.5) is 0 Å². The number of imidazole rings is 1. The predicted octanol–water partition coefficient (Wildman–Crippen LogP) is 4.43. The van der Waals surface area contributed by atoms with Crippen LogP contribution in [-0.2, 0) is 0 Å². The van der Waals surface area contributed by atoms with Crippen LogP contribution in [0.25, 0.3) is 16.9 Å². The topological polar surface area (TPSA) is 35.8 Å². The largest absolute Gasteiger partial charge is 0.496 e. The van der Waals surface area contributed by atoms with Crippen molar-refractivity contribution >= 4 is 33.2 Å².